The number of anilines is 1. The summed E-state index contributed by atoms with van der Waals surface area (Å²) in [5.74, 6) is -2.00. The zero-order valence-corrected chi connectivity index (χ0v) is 17.1. The van der Waals surface area contributed by atoms with E-state index in [2.05, 4.69) is 19.8 Å². The van der Waals surface area contributed by atoms with Crippen LogP contribution in [0.25, 0.3) is 11.4 Å². The highest BCUT2D eigenvalue weighted by Crippen LogP contribution is 2.24. The molecular formula is C21H15FN4O5S. The molecule has 0 saturated carbocycles. The van der Waals surface area contributed by atoms with Crippen LogP contribution in [0.1, 0.15) is 21.8 Å². The first-order valence-electron chi connectivity index (χ1n) is 9.20. The van der Waals surface area contributed by atoms with Gasteiger partial charge in [0, 0.05) is 18.0 Å². The van der Waals surface area contributed by atoms with Crippen molar-refractivity contribution in [2.75, 3.05) is 4.72 Å². The number of halogens is 1. The third-order valence-electron chi connectivity index (χ3n) is 4.47. The van der Waals surface area contributed by atoms with E-state index < -0.39 is 27.4 Å². The fraction of sp³-hybridized carbons (Fsp3) is 0.0476. The number of rotatable bonds is 7. The average molecular weight is 454 g/mol. The van der Waals surface area contributed by atoms with Crippen molar-refractivity contribution in [2.45, 2.75) is 11.3 Å². The molecule has 162 valence electrons. The first-order valence-corrected chi connectivity index (χ1v) is 10.7. The third kappa shape index (κ3) is 4.47. The molecular weight excluding hydrogens is 439 g/mol. The Bertz CT molecular complexity index is 1390. The summed E-state index contributed by atoms with van der Waals surface area (Å²) in [7, 11) is -4.19. The largest absolute Gasteiger partial charge is 0.478 e. The Hall–Kier alpha value is -4.12. The highest BCUT2D eigenvalue weighted by atomic mass is 32.2. The number of hydrogen-bond acceptors (Lipinski definition) is 7. The molecule has 2 aromatic heterocycles. The summed E-state index contributed by atoms with van der Waals surface area (Å²) in [5.41, 5.74) is 0.699. The highest BCUT2D eigenvalue weighted by molar-refractivity contribution is 7.92. The van der Waals surface area contributed by atoms with Gasteiger partial charge in [0.05, 0.1) is 22.6 Å². The normalized spacial score (nSPS) is 11.3. The van der Waals surface area contributed by atoms with Crippen molar-refractivity contribution in [2.24, 2.45) is 0 Å². The second kappa shape index (κ2) is 8.55. The zero-order valence-electron chi connectivity index (χ0n) is 16.3. The molecule has 0 aliphatic carbocycles. The monoisotopic (exact) mass is 454 g/mol. The molecule has 2 aromatic carbocycles. The Morgan fingerprint density at radius 1 is 1.12 bits per heavy atom. The maximum atomic E-state index is 13.6. The van der Waals surface area contributed by atoms with Crippen molar-refractivity contribution in [3.63, 3.8) is 0 Å². The molecule has 0 aliphatic heterocycles. The van der Waals surface area contributed by atoms with E-state index in [1.165, 1.54) is 6.07 Å². The molecule has 4 rings (SSSR count). The second-order valence-corrected chi connectivity index (χ2v) is 8.32. The number of aromatic carboxylic acids is 1. The van der Waals surface area contributed by atoms with E-state index in [9.17, 15) is 17.6 Å². The minimum atomic E-state index is -4.19. The molecule has 2 N–H and O–H groups in total. The van der Waals surface area contributed by atoms with E-state index >= 15 is 0 Å². The predicted octanol–water partition coefficient (Wildman–Crippen LogP) is 3.36. The number of nitrogens with one attached hydrogen (secondary N) is 1. The van der Waals surface area contributed by atoms with Crippen LogP contribution < -0.4 is 4.72 Å². The number of carbonyl (C=O) groups is 1. The van der Waals surface area contributed by atoms with Gasteiger partial charge in [0.15, 0.2) is 0 Å². The smallest absolute Gasteiger partial charge is 0.338 e. The number of carboxylic acid groups (broad SMARTS) is 1. The molecule has 0 radical (unpaired) electrons. The lowest BCUT2D eigenvalue weighted by atomic mass is 10.1. The van der Waals surface area contributed by atoms with Gasteiger partial charge < -0.3 is 9.63 Å². The van der Waals surface area contributed by atoms with Crippen molar-refractivity contribution in [1.29, 1.82) is 0 Å². The van der Waals surface area contributed by atoms with Crippen LogP contribution >= 0.6 is 0 Å². The number of aromatic nitrogens is 3. The maximum absolute atomic E-state index is 13.6. The van der Waals surface area contributed by atoms with Crippen LogP contribution in [0.4, 0.5) is 10.1 Å². The van der Waals surface area contributed by atoms with Crippen LogP contribution in [-0.2, 0) is 16.4 Å². The van der Waals surface area contributed by atoms with Gasteiger partial charge in [-0.3, -0.25) is 9.71 Å². The molecule has 0 aliphatic rings. The van der Waals surface area contributed by atoms with Crippen molar-refractivity contribution < 1.29 is 27.2 Å². The van der Waals surface area contributed by atoms with E-state index in [1.54, 1.807) is 42.7 Å². The molecule has 0 spiro atoms. The van der Waals surface area contributed by atoms with Gasteiger partial charge in [0.25, 0.3) is 10.0 Å². The number of hydrogen-bond donors (Lipinski definition) is 2. The van der Waals surface area contributed by atoms with E-state index in [-0.39, 0.29) is 22.9 Å². The van der Waals surface area contributed by atoms with Crippen LogP contribution in [-0.4, -0.2) is 34.6 Å². The Kier molecular flexibility index (Phi) is 5.65. The minimum absolute atomic E-state index is 0.135. The summed E-state index contributed by atoms with van der Waals surface area (Å²) in [4.78, 5) is 19.1. The van der Waals surface area contributed by atoms with Crippen LogP contribution in [0, 0.1) is 5.82 Å². The van der Waals surface area contributed by atoms with Gasteiger partial charge in [-0.1, -0.05) is 23.4 Å². The summed E-state index contributed by atoms with van der Waals surface area (Å²) >= 11 is 0. The summed E-state index contributed by atoms with van der Waals surface area (Å²) in [5, 5.41) is 13.0. The SMILES string of the molecule is O=C(O)c1cc(S(=O)(=O)Nc2ccccc2Cc2nc(-c3cccnc3)no2)ccc1F. The molecule has 9 nitrogen and oxygen atoms in total. The summed E-state index contributed by atoms with van der Waals surface area (Å²) in [6.45, 7) is 0. The molecule has 0 unspecified atom stereocenters. The van der Waals surface area contributed by atoms with Gasteiger partial charge in [-0.25, -0.2) is 17.6 Å². The summed E-state index contributed by atoms with van der Waals surface area (Å²) < 4.78 is 46.9. The lowest BCUT2D eigenvalue weighted by Crippen LogP contribution is -2.15. The number of carboxylic acids is 1. The van der Waals surface area contributed by atoms with Crippen molar-refractivity contribution in [3.8, 4) is 11.4 Å². The highest BCUT2D eigenvalue weighted by Gasteiger charge is 2.21. The molecule has 11 heteroatoms. The molecule has 0 saturated heterocycles. The first kappa shape index (κ1) is 21.1. The predicted molar refractivity (Wildman–Crippen MR) is 111 cm³/mol. The fourth-order valence-electron chi connectivity index (χ4n) is 2.92. The van der Waals surface area contributed by atoms with Crippen molar-refractivity contribution in [3.05, 3.63) is 89.8 Å². The number of para-hydroxylation sites is 1. The lowest BCUT2D eigenvalue weighted by molar-refractivity contribution is 0.0691. The number of nitrogens with zero attached hydrogens (tertiary/aromatic N) is 3. The molecule has 32 heavy (non-hydrogen) atoms. The summed E-state index contributed by atoms with van der Waals surface area (Å²) in [6, 6.07) is 12.6. The van der Waals surface area contributed by atoms with Crippen LogP contribution in [0.2, 0.25) is 0 Å². The Balaban J connectivity index is 1.60. The number of pyridine rings is 1. The van der Waals surface area contributed by atoms with Crippen LogP contribution in [0.15, 0.2) is 76.4 Å². The molecule has 0 bridgehead atoms. The first-order chi connectivity index (χ1) is 15.3. The van der Waals surface area contributed by atoms with Gasteiger partial charge in [-0.2, -0.15) is 4.98 Å². The number of sulfonamides is 1. The van der Waals surface area contributed by atoms with E-state index in [4.69, 9.17) is 9.63 Å². The second-order valence-electron chi connectivity index (χ2n) is 6.64. The standard InChI is InChI=1S/C21H15FN4O5S/c22-17-8-7-15(11-16(17)21(27)28)32(29,30)26-18-6-2-1-4-13(18)10-19-24-20(25-31-19)14-5-3-9-23-12-14/h1-9,11-12,26H,10H2,(H,27,28). The topological polar surface area (TPSA) is 135 Å². The Labute approximate surface area is 181 Å². The van der Waals surface area contributed by atoms with Gasteiger partial charge in [-0.15, -0.1) is 0 Å². The third-order valence-corrected chi connectivity index (χ3v) is 5.83. The quantitative estimate of drug-likeness (QED) is 0.434. The van der Waals surface area contributed by atoms with Crippen molar-refractivity contribution in [1.82, 2.24) is 15.1 Å². The van der Waals surface area contributed by atoms with Gasteiger partial charge >= 0.3 is 5.97 Å². The summed E-state index contributed by atoms with van der Waals surface area (Å²) in [6.07, 6.45) is 3.34. The van der Waals surface area contributed by atoms with Crippen molar-refractivity contribution >= 4 is 21.7 Å². The average Bonchev–Trinajstić information content (AvgIpc) is 3.24. The van der Waals surface area contributed by atoms with Gasteiger partial charge in [0.2, 0.25) is 11.7 Å². The van der Waals surface area contributed by atoms with E-state index in [0.29, 0.717) is 17.0 Å². The number of benzene rings is 2. The van der Waals surface area contributed by atoms with Gasteiger partial charge in [-0.05, 0) is 42.0 Å². The maximum Gasteiger partial charge on any atom is 0.338 e. The molecule has 0 amide bonds. The molecule has 2 heterocycles. The molecule has 0 fully saturated rings. The fourth-order valence-corrected chi connectivity index (χ4v) is 4.04. The van der Waals surface area contributed by atoms with Crippen LogP contribution in [0.3, 0.4) is 0 Å². The molecule has 0 atom stereocenters. The zero-order chi connectivity index (χ0) is 22.7. The van der Waals surface area contributed by atoms with E-state index in [0.717, 1.165) is 18.2 Å². The Morgan fingerprint density at radius 2 is 1.94 bits per heavy atom. The van der Waals surface area contributed by atoms with Crippen LogP contribution in [0.5, 0.6) is 0 Å². The Morgan fingerprint density at radius 3 is 2.69 bits per heavy atom. The lowest BCUT2D eigenvalue weighted by Gasteiger charge is -2.12. The van der Waals surface area contributed by atoms with E-state index in [1.807, 2.05) is 0 Å². The molecule has 4 aromatic rings. The van der Waals surface area contributed by atoms with Gasteiger partial charge in [0.1, 0.15) is 5.82 Å². The minimum Gasteiger partial charge on any atom is -0.478 e.